The fraction of sp³-hybridized carbons (Fsp3) is 0.542. The topological polar surface area (TPSA) is 79.7 Å². The number of carboxylic acid groups (broad SMARTS) is 1. The highest BCUT2D eigenvalue weighted by Gasteiger charge is 2.33. The molecule has 1 saturated carbocycles. The Labute approximate surface area is 188 Å². The number of aromatic carboxylic acids is 1. The van der Waals surface area contributed by atoms with Gasteiger partial charge in [-0.15, -0.1) is 11.3 Å². The number of pyridine rings is 1. The van der Waals surface area contributed by atoms with Gasteiger partial charge in [0.2, 0.25) is 5.91 Å². The number of aromatic nitrogens is 1. The van der Waals surface area contributed by atoms with Crippen molar-refractivity contribution in [2.24, 2.45) is 11.8 Å². The summed E-state index contributed by atoms with van der Waals surface area (Å²) in [5, 5.41) is 9.86. The van der Waals surface area contributed by atoms with Gasteiger partial charge >= 0.3 is 5.97 Å². The van der Waals surface area contributed by atoms with E-state index < -0.39 is 5.97 Å². The number of hydrogen-bond donors (Lipinski definition) is 1. The lowest BCUT2D eigenvalue weighted by molar-refractivity contribution is -0.123. The number of nitrogens with zero attached hydrogens (tertiary/aromatic N) is 2. The predicted molar refractivity (Wildman–Crippen MR) is 123 cm³/mol. The molecular weight excluding hydrogens is 412 g/mol. The molecule has 31 heavy (non-hydrogen) atoms. The molecule has 2 aromatic rings. The fourth-order valence-corrected chi connectivity index (χ4v) is 4.93. The van der Waals surface area contributed by atoms with E-state index in [1.54, 1.807) is 23.4 Å². The van der Waals surface area contributed by atoms with Gasteiger partial charge < -0.3 is 14.7 Å². The number of carbonyl (C=O) groups excluding carboxylic acids is 1. The summed E-state index contributed by atoms with van der Waals surface area (Å²) < 4.78 is 5.79. The van der Waals surface area contributed by atoms with Gasteiger partial charge in [0.25, 0.3) is 0 Å². The second kappa shape index (κ2) is 9.81. The minimum Gasteiger partial charge on any atom is -0.490 e. The summed E-state index contributed by atoms with van der Waals surface area (Å²) in [4.78, 5) is 32.4. The molecule has 1 aliphatic rings. The first-order valence-corrected chi connectivity index (χ1v) is 11.7. The highest BCUT2D eigenvalue weighted by atomic mass is 32.1. The monoisotopic (exact) mass is 444 g/mol. The van der Waals surface area contributed by atoms with Gasteiger partial charge in [0, 0.05) is 17.0 Å². The average Bonchev–Trinajstić information content (AvgIpc) is 3.18. The van der Waals surface area contributed by atoms with E-state index >= 15 is 0 Å². The predicted octanol–water partition coefficient (Wildman–Crippen LogP) is 5.38. The summed E-state index contributed by atoms with van der Waals surface area (Å²) in [7, 11) is 0. The molecular formula is C24H32N2O4S. The number of hydrogen-bond acceptors (Lipinski definition) is 5. The second-order valence-electron chi connectivity index (χ2n) is 9.36. The third-order valence-electron chi connectivity index (χ3n) is 5.79. The van der Waals surface area contributed by atoms with E-state index in [1.165, 1.54) is 11.3 Å². The van der Waals surface area contributed by atoms with Crippen molar-refractivity contribution in [3.63, 3.8) is 0 Å². The Morgan fingerprint density at radius 3 is 2.55 bits per heavy atom. The number of amides is 1. The van der Waals surface area contributed by atoms with E-state index in [9.17, 15) is 14.7 Å². The largest absolute Gasteiger partial charge is 0.490 e. The summed E-state index contributed by atoms with van der Waals surface area (Å²) in [6.07, 6.45) is 7.04. The van der Waals surface area contributed by atoms with Crippen LogP contribution in [0.1, 0.15) is 67.9 Å². The van der Waals surface area contributed by atoms with Gasteiger partial charge in [-0.2, -0.15) is 0 Å². The van der Waals surface area contributed by atoms with Crippen molar-refractivity contribution >= 4 is 28.9 Å². The average molecular weight is 445 g/mol. The Balaban J connectivity index is 1.88. The maximum absolute atomic E-state index is 13.6. The molecule has 0 aliphatic heterocycles. The van der Waals surface area contributed by atoms with E-state index in [4.69, 9.17) is 4.74 Å². The molecule has 0 unspecified atom stereocenters. The highest BCUT2D eigenvalue weighted by Crippen LogP contribution is 2.39. The standard InChI is InChI=1S/C24H32N2O4S/c1-16-7-9-17(10-8-16)22(27)26(12-13-30-18-6-5-11-25-15-18)19-14-20(24(2,3)4)31-21(19)23(28)29/h5-6,11,14-17H,7-10,12-13H2,1-4H3,(H,28,29). The summed E-state index contributed by atoms with van der Waals surface area (Å²) in [6.45, 7) is 8.93. The summed E-state index contributed by atoms with van der Waals surface area (Å²) >= 11 is 1.25. The van der Waals surface area contributed by atoms with Crippen molar-refractivity contribution in [2.75, 3.05) is 18.1 Å². The molecule has 0 radical (unpaired) electrons. The zero-order chi connectivity index (χ0) is 22.6. The van der Waals surface area contributed by atoms with Crippen LogP contribution in [0.2, 0.25) is 0 Å². The molecule has 3 rings (SSSR count). The van der Waals surface area contributed by atoms with Crippen LogP contribution in [0.4, 0.5) is 5.69 Å². The smallest absolute Gasteiger partial charge is 0.348 e. The van der Waals surface area contributed by atoms with Gasteiger partial charge in [-0.05, 0) is 55.2 Å². The molecule has 1 fully saturated rings. The van der Waals surface area contributed by atoms with Crippen LogP contribution >= 0.6 is 11.3 Å². The zero-order valence-corrected chi connectivity index (χ0v) is 19.6. The van der Waals surface area contributed by atoms with Crippen LogP contribution in [0.15, 0.2) is 30.6 Å². The normalized spacial score (nSPS) is 19.1. The first kappa shape index (κ1) is 23.3. The molecule has 7 heteroatoms. The zero-order valence-electron chi connectivity index (χ0n) is 18.8. The second-order valence-corrected chi connectivity index (χ2v) is 10.4. The van der Waals surface area contributed by atoms with Crippen molar-refractivity contribution in [1.82, 2.24) is 4.98 Å². The molecule has 0 atom stereocenters. The van der Waals surface area contributed by atoms with E-state index in [2.05, 4.69) is 32.7 Å². The van der Waals surface area contributed by atoms with Crippen LogP contribution in [0.25, 0.3) is 0 Å². The Morgan fingerprint density at radius 2 is 1.97 bits per heavy atom. The van der Waals surface area contributed by atoms with Gasteiger partial charge in [-0.25, -0.2) is 4.79 Å². The number of anilines is 1. The molecule has 0 spiro atoms. The minimum atomic E-state index is -1.00. The van der Waals surface area contributed by atoms with Crippen LogP contribution < -0.4 is 9.64 Å². The lowest BCUT2D eigenvalue weighted by Gasteiger charge is -2.31. The molecule has 0 bridgehead atoms. The lowest BCUT2D eigenvalue weighted by Crippen LogP contribution is -2.40. The Morgan fingerprint density at radius 1 is 1.26 bits per heavy atom. The van der Waals surface area contributed by atoms with Crippen LogP contribution in [-0.2, 0) is 10.2 Å². The van der Waals surface area contributed by atoms with Crippen LogP contribution in [-0.4, -0.2) is 35.1 Å². The van der Waals surface area contributed by atoms with E-state index in [0.717, 1.165) is 30.6 Å². The fourth-order valence-electron chi connectivity index (χ4n) is 3.87. The Kier molecular flexibility index (Phi) is 7.36. The summed E-state index contributed by atoms with van der Waals surface area (Å²) in [5.41, 5.74) is 0.287. The van der Waals surface area contributed by atoms with Crippen molar-refractivity contribution < 1.29 is 19.4 Å². The van der Waals surface area contributed by atoms with E-state index in [-0.39, 0.29) is 28.7 Å². The first-order valence-electron chi connectivity index (χ1n) is 10.9. The summed E-state index contributed by atoms with van der Waals surface area (Å²) in [5.74, 6) is 0.186. The number of ether oxygens (including phenoxy) is 1. The van der Waals surface area contributed by atoms with E-state index in [1.807, 2.05) is 12.1 Å². The molecule has 168 valence electrons. The van der Waals surface area contributed by atoms with Gasteiger partial charge in [0.1, 0.15) is 17.2 Å². The Bertz CT molecular complexity index is 896. The van der Waals surface area contributed by atoms with Crippen molar-refractivity contribution in [2.45, 2.75) is 58.8 Å². The maximum atomic E-state index is 13.6. The molecule has 1 aliphatic carbocycles. The quantitative estimate of drug-likeness (QED) is 0.620. The van der Waals surface area contributed by atoms with Crippen molar-refractivity contribution in [3.8, 4) is 5.75 Å². The third kappa shape index (κ3) is 5.85. The number of thiophene rings is 1. The van der Waals surface area contributed by atoms with Gasteiger partial charge in [0.05, 0.1) is 18.4 Å². The van der Waals surface area contributed by atoms with Gasteiger partial charge in [0.15, 0.2) is 0 Å². The Hall–Kier alpha value is -2.41. The van der Waals surface area contributed by atoms with Gasteiger partial charge in [-0.3, -0.25) is 9.78 Å². The number of carboxylic acids is 1. The number of rotatable bonds is 7. The SMILES string of the molecule is CC1CCC(C(=O)N(CCOc2cccnc2)c2cc(C(C)(C)C)sc2C(=O)O)CC1. The molecule has 6 nitrogen and oxygen atoms in total. The van der Waals surface area contributed by atoms with Crippen LogP contribution in [0.5, 0.6) is 5.75 Å². The van der Waals surface area contributed by atoms with Crippen molar-refractivity contribution in [3.05, 3.63) is 40.3 Å². The molecule has 0 saturated heterocycles. The molecule has 1 amide bonds. The van der Waals surface area contributed by atoms with Crippen LogP contribution in [0.3, 0.4) is 0 Å². The maximum Gasteiger partial charge on any atom is 0.348 e. The molecule has 1 N–H and O–H groups in total. The van der Waals surface area contributed by atoms with Crippen LogP contribution in [0, 0.1) is 11.8 Å². The third-order valence-corrected chi connectivity index (χ3v) is 7.32. The van der Waals surface area contributed by atoms with Gasteiger partial charge in [-0.1, -0.05) is 27.7 Å². The molecule has 0 aromatic carbocycles. The first-order chi connectivity index (χ1) is 14.7. The van der Waals surface area contributed by atoms with E-state index in [0.29, 0.717) is 23.9 Å². The summed E-state index contributed by atoms with van der Waals surface area (Å²) in [6, 6.07) is 5.48. The highest BCUT2D eigenvalue weighted by molar-refractivity contribution is 7.14. The number of carbonyl (C=O) groups is 2. The van der Waals surface area contributed by atoms with Crippen molar-refractivity contribution in [1.29, 1.82) is 0 Å². The lowest BCUT2D eigenvalue weighted by atomic mass is 9.82. The molecule has 2 aromatic heterocycles. The molecule has 2 heterocycles. The minimum absolute atomic E-state index is 0.00226.